The lowest BCUT2D eigenvalue weighted by Crippen LogP contribution is -2.26. The maximum absolute atomic E-state index is 13.7. The zero-order valence-corrected chi connectivity index (χ0v) is 19.8. The summed E-state index contributed by atoms with van der Waals surface area (Å²) in [6.07, 6.45) is 1.82. The second-order valence-corrected chi connectivity index (χ2v) is 8.41. The van der Waals surface area contributed by atoms with E-state index in [0.717, 1.165) is 22.4 Å². The van der Waals surface area contributed by atoms with Crippen molar-refractivity contribution in [3.63, 3.8) is 0 Å². The van der Waals surface area contributed by atoms with E-state index < -0.39 is 0 Å². The molecular formula is C28H27N3O4. The first-order valence-corrected chi connectivity index (χ1v) is 11.5. The number of methoxy groups -OCH3 is 1. The van der Waals surface area contributed by atoms with Crippen molar-refractivity contribution >= 4 is 5.91 Å². The number of amides is 1. The minimum Gasteiger partial charge on any atom is -0.496 e. The van der Waals surface area contributed by atoms with Crippen molar-refractivity contribution < 1.29 is 19.0 Å². The first kappa shape index (κ1) is 22.5. The monoisotopic (exact) mass is 469 g/mol. The van der Waals surface area contributed by atoms with Crippen molar-refractivity contribution in [3.8, 4) is 28.5 Å². The lowest BCUT2D eigenvalue weighted by Gasteiger charge is -2.21. The van der Waals surface area contributed by atoms with Gasteiger partial charge in [0.05, 0.1) is 19.2 Å². The van der Waals surface area contributed by atoms with Crippen LogP contribution in [0.3, 0.4) is 0 Å². The normalized spacial score (nSPS) is 12.3. The van der Waals surface area contributed by atoms with E-state index in [2.05, 4.69) is 0 Å². The van der Waals surface area contributed by atoms with Crippen LogP contribution in [0.2, 0.25) is 0 Å². The summed E-state index contributed by atoms with van der Waals surface area (Å²) in [4.78, 5) is 15.4. The molecular weight excluding hydrogens is 442 g/mol. The fourth-order valence-corrected chi connectivity index (χ4v) is 4.21. The molecule has 5 rings (SSSR count). The molecule has 178 valence electrons. The third-order valence-electron chi connectivity index (χ3n) is 5.91. The van der Waals surface area contributed by atoms with Crippen molar-refractivity contribution in [2.75, 3.05) is 27.4 Å². The van der Waals surface area contributed by atoms with Gasteiger partial charge in [-0.25, -0.2) is 0 Å². The van der Waals surface area contributed by atoms with E-state index in [9.17, 15) is 4.79 Å². The zero-order chi connectivity index (χ0) is 24.2. The van der Waals surface area contributed by atoms with Crippen molar-refractivity contribution in [2.45, 2.75) is 13.1 Å². The number of rotatable bonds is 7. The predicted molar refractivity (Wildman–Crippen MR) is 133 cm³/mol. The standard InChI is InChI=1S/C28H27N3O4/c1-30(17-21-12-13-25-26(16-21)35-15-14-34-25)28(32)23-19-31(18-20-8-4-3-5-9-20)29-27(23)22-10-6-7-11-24(22)33-2/h3-13,16,19H,14-15,17-18H2,1-2H3. The molecule has 4 aromatic rings. The minimum atomic E-state index is -0.125. The molecule has 0 unspecified atom stereocenters. The molecule has 0 bridgehead atoms. The number of hydrogen-bond acceptors (Lipinski definition) is 5. The van der Waals surface area contributed by atoms with Gasteiger partial charge in [0.25, 0.3) is 5.91 Å². The Hall–Kier alpha value is -4.26. The summed E-state index contributed by atoms with van der Waals surface area (Å²) in [6, 6.07) is 23.4. The van der Waals surface area contributed by atoms with E-state index in [0.29, 0.717) is 49.1 Å². The van der Waals surface area contributed by atoms with Gasteiger partial charge in [0.1, 0.15) is 24.7 Å². The summed E-state index contributed by atoms with van der Waals surface area (Å²) in [5.41, 5.74) is 3.95. The van der Waals surface area contributed by atoms with Gasteiger partial charge in [-0.3, -0.25) is 9.48 Å². The largest absolute Gasteiger partial charge is 0.496 e. The quantitative estimate of drug-likeness (QED) is 0.394. The van der Waals surface area contributed by atoms with E-state index >= 15 is 0 Å². The molecule has 0 aliphatic carbocycles. The highest BCUT2D eigenvalue weighted by atomic mass is 16.6. The average Bonchev–Trinajstić information content (AvgIpc) is 3.32. The van der Waals surface area contributed by atoms with E-state index in [1.54, 1.807) is 19.1 Å². The number of ether oxygens (including phenoxy) is 3. The van der Waals surface area contributed by atoms with Gasteiger partial charge >= 0.3 is 0 Å². The molecule has 35 heavy (non-hydrogen) atoms. The Morgan fingerprint density at radius 1 is 0.971 bits per heavy atom. The lowest BCUT2D eigenvalue weighted by molar-refractivity contribution is 0.0785. The third-order valence-corrected chi connectivity index (χ3v) is 5.91. The first-order chi connectivity index (χ1) is 17.1. The Morgan fingerprint density at radius 2 is 1.71 bits per heavy atom. The minimum absolute atomic E-state index is 0.125. The van der Waals surface area contributed by atoms with Crippen LogP contribution in [0.25, 0.3) is 11.3 Å². The molecule has 0 saturated heterocycles. The van der Waals surface area contributed by atoms with Crippen LogP contribution >= 0.6 is 0 Å². The average molecular weight is 470 g/mol. The van der Waals surface area contributed by atoms with Gasteiger partial charge in [-0.2, -0.15) is 5.10 Å². The van der Waals surface area contributed by atoms with E-state index in [-0.39, 0.29) is 5.91 Å². The van der Waals surface area contributed by atoms with Gasteiger partial charge < -0.3 is 19.1 Å². The molecule has 1 amide bonds. The molecule has 0 saturated carbocycles. The zero-order valence-electron chi connectivity index (χ0n) is 19.8. The van der Waals surface area contributed by atoms with E-state index in [1.807, 2.05) is 83.7 Å². The number of fused-ring (bicyclic) bond motifs is 1. The number of para-hydroxylation sites is 1. The van der Waals surface area contributed by atoms with Gasteiger partial charge in [0.15, 0.2) is 11.5 Å². The third kappa shape index (κ3) is 4.84. The summed E-state index contributed by atoms with van der Waals surface area (Å²) in [5, 5.41) is 4.81. The number of benzene rings is 3. The highest BCUT2D eigenvalue weighted by Gasteiger charge is 2.24. The summed E-state index contributed by atoms with van der Waals surface area (Å²) in [5.74, 6) is 1.98. The smallest absolute Gasteiger partial charge is 0.257 e. The van der Waals surface area contributed by atoms with Gasteiger partial charge in [-0.15, -0.1) is 0 Å². The maximum atomic E-state index is 13.7. The molecule has 0 fully saturated rings. The van der Waals surface area contributed by atoms with Crippen LogP contribution in [0.5, 0.6) is 17.2 Å². The van der Waals surface area contributed by atoms with Gasteiger partial charge in [0, 0.05) is 25.4 Å². The second kappa shape index (κ2) is 9.93. The van der Waals surface area contributed by atoms with Gasteiger partial charge in [0.2, 0.25) is 0 Å². The highest BCUT2D eigenvalue weighted by molar-refractivity contribution is 6.00. The molecule has 7 heteroatoms. The molecule has 1 aliphatic heterocycles. The molecule has 7 nitrogen and oxygen atoms in total. The van der Waals surface area contributed by atoms with Crippen LogP contribution in [-0.4, -0.2) is 48.0 Å². The Balaban J connectivity index is 1.46. The van der Waals surface area contributed by atoms with Crippen LogP contribution in [0.1, 0.15) is 21.5 Å². The molecule has 3 aromatic carbocycles. The van der Waals surface area contributed by atoms with Crippen molar-refractivity contribution in [3.05, 3.63) is 95.7 Å². The van der Waals surface area contributed by atoms with Crippen LogP contribution in [-0.2, 0) is 13.1 Å². The molecule has 1 aliphatic rings. The number of carbonyl (C=O) groups is 1. The summed E-state index contributed by atoms with van der Waals surface area (Å²) >= 11 is 0. The number of hydrogen-bond donors (Lipinski definition) is 0. The number of aromatic nitrogens is 2. The Labute approximate surface area is 204 Å². The Bertz CT molecular complexity index is 1330. The molecule has 0 spiro atoms. The first-order valence-electron chi connectivity index (χ1n) is 11.5. The summed E-state index contributed by atoms with van der Waals surface area (Å²) in [7, 11) is 3.41. The topological polar surface area (TPSA) is 65.8 Å². The fraction of sp³-hybridized carbons (Fsp3) is 0.214. The second-order valence-electron chi connectivity index (χ2n) is 8.41. The lowest BCUT2D eigenvalue weighted by atomic mass is 10.1. The SMILES string of the molecule is COc1ccccc1-c1nn(Cc2ccccc2)cc1C(=O)N(C)Cc1ccc2c(c1)OCCO2. The van der Waals surface area contributed by atoms with E-state index in [4.69, 9.17) is 19.3 Å². The summed E-state index contributed by atoms with van der Waals surface area (Å²) in [6.45, 7) is 2.05. The molecule has 2 heterocycles. The van der Waals surface area contributed by atoms with Crippen molar-refractivity contribution in [1.82, 2.24) is 14.7 Å². The van der Waals surface area contributed by atoms with Gasteiger partial charge in [-0.05, 0) is 35.4 Å². The predicted octanol–water partition coefficient (Wildman–Crippen LogP) is 4.65. The molecule has 0 atom stereocenters. The van der Waals surface area contributed by atoms with Crippen molar-refractivity contribution in [2.24, 2.45) is 0 Å². The number of nitrogens with zero attached hydrogens (tertiary/aromatic N) is 3. The van der Waals surface area contributed by atoms with Crippen LogP contribution in [0, 0.1) is 0 Å². The van der Waals surface area contributed by atoms with E-state index in [1.165, 1.54) is 0 Å². The Morgan fingerprint density at radius 3 is 2.51 bits per heavy atom. The number of carbonyl (C=O) groups excluding carboxylic acids is 1. The van der Waals surface area contributed by atoms with Crippen molar-refractivity contribution in [1.29, 1.82) is 0 Å². The Kier molecular flexibility index (Phi) is 6.39. The van der Waals surface area contributed by atoms with Crippen LogP contribution in [0.4, 0.5) is 0 Å². The van der Waals surface area contributed by atoms with Crippen LogP contribution in [0.15, 0.2) is 79.0 Å². The van der Waals surface area contributed by atoms with Gasteiger partial charge in [-0.1, -0.05) is 48.5 Å². The molecule has 1 aromatic heterocycles. The summed E-state index contributed by atoms with van der Waals surface area (Å²) < 4.78 is 18.7. The fourth-order valence-electron chi connectivity index (χ4n) is 4.21. The molecule has 0 radical (unpaired) electrons. The highest BCUT2D eigenvalue weighted by Crippen LogP contribution is 2.33. The molecule has 0 N–H and O–H groups in total. The maximum Gasteiger partial charge on any atom is 0.257 e. The van der Waals surface area contributed by atoms with Crippen LogP contribution < -0.4 is 14.2 Å².